The Labute approximate surface area is 153 Å². The number of Topliss-reactive ketones (excluding diaryl/α,β-unsaturated/α-hetero) is 1. The van der Waals surface area contributed by atoms with Crippen LogP contribution in [0, 0.1) is 0 Å². The van der Waals surface area contributed by atoms with Crippen LogP contribution in [0.15, 0.2) is 54.6 Å². The Hall–Kier alpha value is -2.66. The van der Waals surface area contributed by atoms with Gasteiger partial charge in [-0.05, 0) is 50.6 Å². The van der Waals surface area contributed by atoms with Crippen LogP contribution in [0.5, 0.6) is 5.75 Å². The normalized spacial score (nSPS) is 12.3. The van der Waals surface area contributed by atoms with Crippen LogP contribution in [-0.2, 0) is 16.0 Å². The highest BCUT2D eigenvalue weighted by Gasteiger charge is 2.25. The molecular formula is C21H24O5. The first-order valence-corrected chi connectivity index (χ1v) is 8.49. The highest BCUT2D eigenvalue weighted by Crippen LogP contribution is 2.17. The van der Waals surface area contributed by atoms with Gasteiger partial charge in [-0.15, -0.1) is 0 Å². The van der Waals surface area contributed by atoms with Crippen molar-refractivity contribution in [3.63, 3.8) is 0 Å². The Bertz CT molecular complexity index is 729. The molecule has 0 heterocycles. The predicted molar refractivity (Wildman–Crippen MR) is 98.3 cm³/mol. The van der Waals surface area contributed by atoms with E-state index in [0.29, 0.717) is 11.3 Å². The van der Waals surface area contributed by atoms with E-state index in [1.165, 1.54) is 13.8 Å². The SMILES string of the molecule is CC(COc1ccc(C(=O)C(C)(C)O)cc1)OC(=O)Cc1ccccc1. The standard InChI is InChI=1S/C21H24O5/c1-15(26-19(22)13-16-7-5-4-6-8-16)14-25-18-11-9-17(10-12-18)20(23)21(2,3)24/h4-12,15,24H,13-14H2,1-3H3. The molecule has 0 radical (unpaired) electrons. The van der Waals surface area contributed by atoms with Crippen molar-refractivity contribution in [1.82, 2.24) is 0 Å². The van der Waals surface area contributed by atoms with Crippen LogP contribution in [0.3, 0.4) is 0 Å². The summed E-state index contributed by atoms with van der Waals surface area (Å²) in [5.74, 6) is -0.103. The molecule has 26 heavy (non-hydrogen) atoms. The van der Waals surface area contributed by atoms with E-state index in [1.54, 1.807) is 31.2 Å². The lowest BCUT2D eigenvalue weighted by atomic mass is 9.97. The minimum absolute atomic E-state index is 0.208. The van der Waals surface area contributed by atoms with E-state index in [2.05, 4.69) is 0 Å². The zero-order valence-electron chi connectivity index (χ0n) is 15.3. The fourth-order valence-electron chi connectivity index (χ4n) is 2.33. The summed E-state index contributed by atoms with van der Waals surface area (Å²) in [4.78, 5) is 23.9. The molecule has 5 heteroatoms. The summed E-state index contributed by atoms with van der Waals surface area (Å²) in [5, 5.41) is 9.75. The molecule has 1 N–H and O–H groups in total. The van der Waals surface area contributed by atoms with E-state index >= 15 is 0 Å². The molecule has 0 spiro atoms. The van der Waals surface area contributed by atoms with Crippen LogP contribution < -0.4 is 4.74 Å². The van der Waals surface area contributed by atoms with Crippen molar-refractivity contribution in [3.8, 4) is 5.75 Å². The average Bonchev–Trinajstić information content (AvgIpc) is 2.59. The lowest BCUT2D eigenvalue weighted by Gasteiger charge is -2.16. The van der Waals surface area contributed by atoms with E-state index < -0.39 is 11.7 Å². The Morgan fingerprint density at radius 3 is 2.23 bits per heavy atom. The third-order valence-electron chi connectivity index (χ3n) is 3.68. The Morgan fingerprint density at radius 1 is 1.04 bits per heavy atom. The third kappa shape index (κ3) is 6.01. The van der Waals surface area contributed by atoms with E-state index in [1.807, 2.05) is 30.3 Å². The van der Waals surface area contributed by atoms with Gasteiger partial charge in [0.2, 0.25) is 0 Å². The number of ether oxygens (including phenoxy) is 2. The minimum atomic E-state index is -1.41. The number of aliphatic hydroxyl groups is 1. The molecule has 2 aromatic rings. The summed E-state index contributed by atoms with van der Waals surface area (Å²) in [5.41, 5.74) is -0.103. The number of carbonyl (C=O) groups is 2. The number of hydrogen-bond acceptors (Lipinski definition) is 5. The smallest absolute Gasteiger partial charge is 0.310 e. The zero-order chi connectivity index (χ0) is 19.2. The van der Waals surface area contributed by atoms with Crippen LogP contribution in [0.4, 0.5) is 0 Å². The van der Waals surface area contributed by atoms with Crippen LogP contribution in [0.1, 0.15) is 36.7 Å². The second kappa shape index (κ2) is 8.63. The van der Waals surface area contributed by atoms with Gasteiger partial charge in [-0.25, -0.2) is 0 Å². The Morgan fingerprint density at radius 2 is 1.65 bits per heavy atom. The maximum absolute atomic E-state index is 12.0. The molecule has 0 bridgehead atoms. The van der Waals surface area contributed by atoms with Crippen LogP contribution >= 0.6 is 0 Å². The van der Waals surface area contributed by atoms with Gasteiger partial charge in [-0.3, -0.25) is 9.59 Å². The van der Waals surface area contributed by atoms with E-state index in [-0.39, 0.29) is 24.8 Å². The van der Waals surface area contributed by atoms with Crippen molar-refractivity contribution < 1.29 is 24.2 Å². The molecule has 1 atom stereocenters. The van der Waals surface area contributed by atoms with Crippen molar-refractivity contribution >= 4 is 11.8 Å². The topological polar surface area (TPSA) is 72.8 Å². The maximum Gasteiger partial charge on any atom is 0.310 e. The average molecular weight is 356 g/mol. The summed E-state index contributed by atoms with van der Waals surface area (Å²) >= 11 is 0. The van der Waals surface area contributed by atoms with Gasteiger partial charge in [0.15, 0.2) is 5.78 Å². The molecule has 0 aliphatic heterocycles. The molecule has 0 aliphatic carbocycles. The number of hydrogen-bond donors (Lipinski definition) is 1. The molecule has 0 fully saturated rings. The van der Waals surface area contributed by atoms with Crippen molar-refractivity contribution in [2.75, 3.05) is 6.61 Å². The van der Waals surface area contributed by atoms with Crippen molar-refractivity contribution in [2.24, 2.45) is 0 Å². The van der Waals surface area contributed by atoms with Gasteiger partial charge in [0.1, 0.15) is 24.1 Å². The first-order chi connectivity index (χ1) is 12.3. The molecule has 0 aliphatic rings. The number of ketones is 1. The maximum atomic E-state index is 12.0. The number of rotatable bonds is 8. The Balaban J connectivity index is 1.81. The summed E-state index contributed by atoms with van der Waals surface area (Å²) in [6, 6.07) is 15.9. The summed E-state index contributed by atoms with van der Waals surface area (Å²) in [6.07, 6.45) is -0.178. The monoisotopic (exact) mass is 356 g/mol. The fourth-order valence-corrected chi connectivity index (χ4v) is 2.33. The van der Waals surface area contributed by atoms with E-state index in [4.69, 9.17) is 9.47 Å². The van der Waals surface area contributed by atoms with Gasteiger partial charge in [-0.2, -0.15) is 0 Å². The van der Waals surface area contributed by atoms with Gasteiger partial charge in [0.25, 0.3) is 0 Å². The van der Waals surface area contributed by atoms with Crippen molar-refractivity contribution in [3.05, 3.63) is 65.7 Å². The molecule has 0 saturated heterocycles. The van der Waals surface area contributed by atoms with Crippen LogP contribution in [0.25, 0.3) is 0 Å². The number of esters is 1. The van der Waals surface area contributed by atoms with E-state index in [0.717, 1.165) is 5.56 Å². The first-order valence-electron chi connectivity index (χ1n) is 8.49. The first kappa shape index (κ1) is 19.7. The van der Waals surface area contributed by atoms with Crippen molar-refractivity contribution in [1.29, 1.82) is 0 Å². The highest BCUT2D eigenvalue weighted by molar-refractivity contribution is 6.01. The van der Waals surface area contributed by atoms with Gasteiger partial charge in [0, 0.05) is 5.56 Å². The molecular weight excluding hydrogens is 332 g/mol. The molecule has 2 aromatic carbocycles. The molecule has 0 amide bonds. The quantitative estimate of drug-likeness (QED) is 0.581. The fraction of sp³-hybridized carbons (Fsp3) is 0.333. The van der Waals surface area contributed by atoms with Crippen LogP contribution in [-0.4, -0.2) is 35.2 Å². The largest absolute Gasteiger partial charge is 0.490 e. The zero-order valence-corrected chi connectivity index (χ0v) is 15.3. The number of benzene rings is 2. The molecule has 0 saturated carbocycles. The van der Waals surface area contributed by atoms with Crippen molar-refractivity contribution in [2.45, 2.75) is 38.9 Å². The molecule has 1 unspecified atom stereocenters. The highest BCUT2D eigenvalue weighted by atomic mass is 16.6. The summed E-state index contributed by atoms with van der Waals surface area (Å²) < 4.78 is 10.9. The molecule has 2 rings (SSSR count). The minimum Gasteiger partial charge on any atom is -0.490 e. The van der Waals surface area contributed by atoms with E-state index in [9.17, 15) is 14.7 Å². The summed E-state index contributed by atoms with van der Waals surface area (Å²) in [7, 11) is 0. The molecule has 138 valence electrons. The Kier molecular flexibility index (Phi) is 6.52. The predicted octanol–water partition coefficient (Wildman–Crippen LogP) is 3.19. The second-order valence-electron chi connectivity index (χ2n) is 6.69. The lowest BCUT2D eigenvalue weighted by Crippen LogP contribution is -2.31. The van der Waals surface area contributed by atoms with Gasteiger partial charge in [-0.1, -0.05) is 30.3 Å². The van der Waals surface area contributed by atoms with Crippen LogP contribution in [0.2, 0.25) is 0 Å². The van der Waals surface area contributed by atoms with Gasteiger partial charge >= 0.3 is 5.97 Å². The number of carbonyl (C=O) groups excluding carboxylic acids is 2. The molecule has 5 nitrogen and oxygen atoms in total. The van der Waals surface area contributed by atoms with Gasteiger partial charge in [0.05, 0.1) is 6.42 Å². The van der Waals surface area contributed by atoms with Gasteiger partial charge < -0.3 is 14.6 Å². The third-order valence-corrected chi connectivity index (χ3v) is 3.68. The summed E-state index contributed by atoms with van der Waals surface area (Å²) in [6.45, 7) is 4.87. The lowest BCUT2D eigenvalue weighted by molar-refractivity contribution is -0.148. The molecule has 0 aromatic heterocycles. The second-order valence-corrected chi connectivity index (χ2v) is 6.69.